The number of aryl methyl sites for hydroxylation is 1. The summed E-state index contributed by atoms with van der Waals surface area (Å²) < 4.78 is 0. The Morgan fingerprint density at radius 2 is 1.83 bits per heavy atom. The van der Waals surface area contributed by atoms with Gasteiger partial charge in [0.1, 0.15) is 0 Å². The number of hydrogen-bond donors (Lipinski definition) is 2. The summed E-state index contributed by atoms with van der Waals surface area (Å²) in [5.74, 6) is -0.0536. The highest BCUT2D eigenvalue weighted by molar-refractivity contribution is 5.78. The molecular formula is C15H23NO2. The van der Waals surface area contributed by atoms with Crippen LogP contribution in [-0.2, 0) is 11.2 Å². The highest BCUT2D eigenvalue weighted by atomic mass is 16.3. The zero-order chi connectivity index (χ0) is 13.8. The molecule has 3 nitrogen and oxygen atoms in total. The van der Waals surface area contributed by atoms with Gasteiger partial charge in [0, 0.05) is 6.54 Å². The quantitative estimate of drug-likeness (QED) is 0.858. The Morgan fingerprint density at radius 1 is 1.28 bits per heavy atom. The van der Waals surface area contributed by atoms with Gasteiger partial charge in [-0.1, -0.05) is 50.6 Å². The maximum atomic E-state index is 11.7. The van der Waals surface area contributed by atoms with Gasteiger partial charge in [0.2, 0.25) is 5.91 Å². The van der Waals surface area contributed by atoms with Gasteiger partial charge < -0.3 is 10.4 Å². The van der Waals surface area contributed by atoms with Crippen LogP contribution in [0.3, 0.4) is 0 Å². The number of aliphatic hydroxyl groups excluding tert-OH is 1. The number of nitrogens with one attached hydrogen (secondary N) is 1. The molecule has 3 heteroatoms. The maximum absolute atomic E-state index is 11.7. The fraction of sp³-hybridized carbons (Fsp3) is 0.533. The molecule has 1 amide bonds. The third kappa shape index (κ3) is 4.88. The van der Waals surface area contributed by atoms with Crippen LogP contribution in [0.25, 0.3) is 0 Å². The van der Waals surface area contributed by atoms with Gasteiger partial charge in [0.25, 0.3) is 0 Å². The number of amides is 1. The van der Waals surface area contributed by atoms with Crippen LogP contribution in [-0.4, -0.2) is 23.7 Å². The van der Waals surface area contributed by atoms with E-state index in [0.29, 0.717) is 13.0 Å². The van der Waals surface area contributed by atoms with Gasteiger partial charge in [0.15, 0.2) is 0 Å². The first kappa shape index (κ1) is 14.7. The monoisotopic (exact) mass is 249 g/mol. The lowest BCUT2D eigenvalue weighted by Gasteiger charge is -2.25. The molecule has 0 saturated heterocycles. The molecule has 0 aromatic heterocycles. The van der Waals surface area contributed by atoms with Crippen molar-refractivity contribution in [3.63, 3.8) is 0 Å². The van der Waals surface area contributed by atoms with Crippen LogP contribution in [0.2, 0.25) is 0 Å². The van der Waals surface area contributed by atoms with E-state index in [2.05, 4.69) is 5.32 Å². The van der Waals surface area contributed by atoms with Gasteiger partial charge in [-0.3, -0.25) is 4.79 Å². The van der Waals surface area contributed by atoms with E-state index in [4.69, 9.17) is 0 Å². The molecule has 0 bridgehead atoms. The summed E-state index contributed by atoms with van der Waals surface area (Å²) in [7, 11) is 0. The second-order valence-corrected chi connectivity index (χ2v) is 5.85. The van der Waals surface area contributed by atoms with Crippen molar-refractivity contribution in [1.82, 2.24) is 5.32 Å². The highest BCUT2D eigenvalue weighted by Gasteiger charge is 2.22. The summed E-state index contributed by atoms with van der Waals surface area (Å²) in [4.78, 5) is 11.7. The number of aliphatic hydroxyl groups is 1. The molecule has 1 aromatic carbocycles. The van der Waals surface area contributed by atoms with Crippen LogP contribution in [0.5, 0.6) is 0 Å². The summed E-state index contributed by atoms with van der Waals surface area (Å²) in [6.07, 6.45) is -0.170. The van der Waals surface area contributed by atoms with Gasteiger partial charge >= 0.3 is 0 Å². The molecule has 1 atom stereocenters. The summed E-state index contributed by atoms with van der Waals surface area (Å²) in [6.45, 7) is 8.16. The molecule has 1 unspecified atom stereocenters. The highest BCUT2D eigenvalue weighted by Crippen LogP contribution is 2.18. The third-order valence-corrected chi connectivity index (χ3v) is 2.98. The van der Waals surface area contributed by atoms with Gasteiger partial charge in [-0.05, 0) is 17.9 Å². The average Bonchev–Trinajstić information content (AvgIpc) is 2.28. The zero-order valence-corrected chi connectivity index (χ0v) is 11.7. The number of carbonyl (C=O) groups is 1. The summed E-state index contributed by atoms with van der Waals surface area (Å²) in [5, 5.41) is 12.6. The fourth-order valence-electron chi connectivity index (χ4n) is 1.47. The molecule has 0 heterocycles. The van der Waals surface area contributed by atoms with Crippen molar-refractivity contribution < 1.29 is 9.90 Å². The third-order valence-electron chi connectivity index (χ3n) is 2.98. The van der Waals surface area contributed by atoms with E-state index in [-0.39, 0.29) is 11.3 Å². The lowest BCUT2D eigenvalue weighted by Crippen LogP contribution is -2.39. The minimum Gasteiger partial charge on any atom is -0.391 e. The van der Waals surface area contributed by atoms with Crippen molar-refractivity contribution in [2.24, 2.45) is 5.41 Å². The second-order valence-electron chi connectivity index (χ2n) is 5.85. The Kier molecular flexibility index (Phi) is 4.91. The van der Waals surface area contributed by atoms with Crippen LogP contribution in [0.15, 0.2) is 24.3 Å². The predicted octanol–water partition coefficient (Wildman–Crippen LogP) is 2.06. The Morgan fingerprint density at radius 3 is 2.33 bits per heavy atom. The lowest BCUT2D eigenvalue weighted by atomic mass is 9.89. The van der Waals surface area contributed by atoms with E-state index in [9.17, 15) is 9.90 Å². The molecule has 0 spiro atoms. The molecule has 0 radical (unpaired) electrons. The maximum Gasteiger partial charge on any atom is 0.224 e. The van der Waals surface area contributed by atoms with Gasteiger partial charge in [-0.2, -0.15) is 0 Å². The van der Waals surface area contributed by atoms with E-state index in [1.165, 1.54) is 5.56 Å². The topological polar surface area (TPSA) is 49.3 Å². The first-order valence-electron chi connectivity index (χ1n) is 6.29. The van der Waals surface area contributed by atoms with Crippen LogP contribution < -0.4 is 5.32 Å². The Hall–Kier alpha value is -1.35. The number of hydrogen-bond acceptors (Lipinski definition) is 2. The van der Waals surface area contributed by atoms with Crippen LogP contribution in [0.4, 0.5) is 0 Å². The minimum absolute atomic E-state index is 0.0536. The number of carbonyl (C=O) groups excluding carboxylic acids is 1. The van der Waals surface area contributed by atoms with Crippen LogP contribution >= 0.6 is 0 Å². The molecule has 0 aliphatic rings. The smallest absolute Gasteiger partial charge is 0.224 e. The van der Waals surface area contributed by atoms with Gasteiger partial charge in [-0.25, -0.2) is 0 Å². The first-order chi connectivity index (χ1) is 8.29. The van der Waals surface area contributed by atoms with Crippen molar-refractivity contribution in [3.05, 3.63) is 35.4 Å². The van der Waals surface area contributed by atoms with E-state index >= 15 is 0 Å². The molecule has 100 valence electrons. The second kappa shape index (κ2) is 6.01. The number of rotatable bonds is 4. The average molecular weight is 249 g/mol. The molecule has 18 heavy (non-hydrogen) atoms. The van der Waals surface area contributed by atoms with Crippen molar-refractivity contribution >= 4 is 5.91 Å². The molecule has 0 aliphatic heterocycles. The first-order valence-corrected chi connectivity index (χ1v) is 6.29. The molecular weight excluding hydrogens is 226 g/mol. The van der Waals surface area contributed by atoms with Gasteiger partial charge in [-0.15, -0.1) is 0 Å². The lowest BCUT2D eigenvalue weighted by molar-refractivity contribution is -0.121. The Bertz CT molecular complexity index is 390. The molecule has 2 N–H and O–H groups in total. The molecule has 0 aliphatic carbocycles. The molecule has 1 aromatic rings. The van der Waals surface area contributed by atoms with Gasteiger partial charge in [0.05, 0.1) is 12.5 Å². The molecule has 1 rings (SSSR count). The molecule has 0 fully saturated rings. The SMILES string of the molecule is Cc1ccc(CC(=O)NCC(O)C(C)(C)C)cc1. The molecule has 0 saturated carbocycles. The Labute approximate surface area is 109 Å². The minimum atomic E-state index is -0.528. The van der Waals surface area contributed by atoms with E-state index in [0.717, 1.165) is 5.56 Å². The summed E-state index contributed by atoms with van der Waals surface area (Å²) in [5.41, 5.74) is 1.96. The normalized spacial score (nSPS) is 13.2. The van der Waals surface area contributed by atoms with Crippen molar-refractivity contribution in [2.45, 2.75) is 40.2 Å². The Balaban J connectivity index is 2.41. The fourth-order valence-corrected chi connectivity index (χ4v) is 1.47. The predicted molar refractivity (Wildman–Crippen MR) is 73.4 cm³/mol. The van der Waals surface area contributed by atoms with Crippen molar-refractivity contribution in [3.8, 4) is 0 Å². The summed E-state index contributed by atoms with van der Waals surface area (Å²) >= 11 is 0. The van der Waals surface area contributed by atoms with Crippen molar-refractivity contribution in [1.29, 1.82) is 0 Å². The zero-order valence-electron chi connectivity index (χ0n) is 11.7. The van der Waals surface area contributed by atoms with Crippen LogP contribution in [0.1, 0.15) is 31.9 Å². The van der Waals surface area contributed by atoms with E-state index in [1.54, 1.807) is 0 Å². The summed E-state index contributed by atoms with van der Waals surface area (Å²) in [6, 6.07) is 7.89. The van der Waals surface area contributed by atoms with E-state index in [1.807, 2.05) is 52.0 Å². The van der Waals surface area contributed by atoms with Crippen LogP contribution in [0, 0.1) is 12.3 Å². The number of benzene rings is 1. The van der Waals surface area contributed by atoms with E-state index < -0.39 is 6.10 Å². The van der Waals surface area contributed by atoms with Crippen molar-refractivity contribution in [2.75, 3.05) is 6.54 Å². The largest absolute Gasteiger partial charge is 0.391 e. The standard InChI is InChI=1S/C15H23NO2/c1-11-5-7-12(8-6-11)9-14(18)16-10-13(17)15(2,3)4/h5-8,13,17H,9-10H2,1-4H3,(H,16,18).